The molecule has 0 spiro atoms. The molecule has 0 saturated heterocycles. The van der Waals surface area contributed by atoms with Crippen LogP contribution in [0.5, 0.6) is 0 Å². The number of carboxylic acid groups (broad SMARTS) is 2. The largest absolute Gasteiger partial charge is 0.481 e. The van der Waals surface area contributed by atoms with Crippen LogP contribution in [0.1, 0.15) is 16.9 Å². The number of carbonyl (C=O) groups excluding carboxylic acids is 1. The minimum Gasteiger partial charge on any atom is -0.481 e. The smallest absolute Gasteiger partial charge is 0.326 e. The van der Waals surface area contributed by atoms with Crippen molar-refractivity contribution in [1.29, 1.82) is 0 Å². The number of amides is 1. The Hall–Kier alpha value is -1.96. The van der Waals surface area contributed by atoms with Crippen molar-refractivity contribution in [2.24, 2.45) is 0 Å². The summed E-state index contributed by atoms with van der Waals surface area (Å²) in [6, 6.07) is 1.47. The summed E-state index contributed by atoms with van der Waals surface area (Å²) in [4.78, 5) is 36.6. The Morgan fingerprint density at radius 1 is 1.33 bits per heavy atom. The third-order valence-corrected chi connectivity index (χ3v) is 2.41. The number of rotatable bonds is 5. The fourth-order valence-corrected chi connectivity index (χ4v) is 1.35. The number of halogens is 1. The minimum absolute atomic E-state index is 0.00911. The summed E-state index contributed by atoms with van der Waals surface area (Å²) in [5.41, 5.74) is 0.00911. The van der Waals surface area contributed by atoms with Gasteiger partial charge in [-0.25, -0.2) is 9.78 Å². The lowest BCUT2D eigenvalue weighted by atomic mass is 10.2. The summed E-state index contributed by atoms with van der Waals surface area (Å²) < 4.78 is 0.666. The molecule has 7 nitrogen and oxygen atoms in total. The topological polar surface area (TPSA) is 117 Å². The van der Waals surface area contributed by atoms with Crippen molar-refractivity contribution < 1.29 is 24.6 Å². The zero-order valence-electron chi connectivity index (χ0n) is 8.96. The van der Waals surface area contributed by atoms with E-state index in [9.17, 15) is 14.4 Å². The highest BCUT2D eigenvalue weighted by Gasteiger charge is 2.23. The molecule has 1 rings (SSSR count). The van der Waals surface area contributed by atoms with E-state index in [1.807, 2.05) is 0 Å². The number of hydrogen-bond acceptors (Lipinski definition) is 4. The Kier molecular flexibility index (Phi) is 4.78. The highest BCUT2D eigenvalue weighted by atomic mass is 79.9. The second-order valence-electron chi connectivity index (χ2n) is 3.32. The molecule has 8 heteroatoms. The lowest BCUT2D eigenvalue weighted by molar-refractivity contribution is -0.145. The number of pyridine rings is 1. The predicted molar refractivity (Wildman–Crippen MR) is 63.1 cm³/mol. The van der Waals surface area contributed by atoms with Gasteiger partial charge in [-0.2, -0.15) is 0 Å². The van der Waals surface area contributed by atoms with Gasteiger partial charge in [-0.1, -0.05) is 0 Å². The molecule has 0 aliphatic carbocycles. The van der Waals surface area contributed by atoms with E-state index in [1.54, 1.807) is 6.07 Å². The van der Waals surface area contributed by atoms with Gasteiger partial charge >= 0.3 is 11.9 Å². The SMILES string of the molecule is O=C(O)CC(NC(=O)c1ccc(Br)cn1)C(=O)O. The maximum Gasteiger partial charge on any atom is 0.326 e. The van der Waals surface area contributed by atoms with Crippen LogP contribution in [0, 0.1) is 0 Å². The van der Waals surface area contributed by atoms with Crippen LogP contribution in [0.25, 0.3) is 0 Å². The van der Waals surface area contributed by atoms with Gasteiger partial charge in [-0.05, 0) is 28.1 Å². The lowest BCUT2D eigenvalue weighted by Gasteiger charge is -2.11. The van der Waals surface area contributed by atoms with E-state index in [4.69, 9.17) is 10.2 Å². The fourth-order valence-electron chi connectivity index (χ4n) is 1.12. The van der Waals surface area contributed by atoms with Gasteiger partial charge in [0.2, 0.25) is 0 Å². The Morgan fingerprint density at radius 3 is 2.44 bits per heavy atom. The molecule has 0 aliphatic heterocycles. The molecule has 96 valence electrons. The van der Waals surface area contributed by atoms with Crippen molar-refractivity contribution in [1.82, 2.24) is 10.3 Å². The first-order valence-electron chi connectivity index (χ1n) is 4.77. The first-order valence-corrected chi connectivity index (χ1v) is 5.56. The van der Waals surface area contributed by atoms with E-state index in [1.165, 1.54) is 12.3 Å². The third kappa shape index (κ3) is 4.13. The van der Waals surface area contributed by atoms with Gasteiger partial charge in [0.05, 0.1) is 6.42 Å². The molecule has 0 aromatic carbocycles. The summed E-state index contributed by atoms with van der Waals surface area (Å²) in [6.07, 6.45) is 0.680. The Morgan fingerprint density at radius 2 is 2.00 bits per heavy atom. The third-order valence-electron chi connectivity index (χ3n) is 1.94. The van der Waals surface area contributed by atoms with Crippen LogP contribution >= 0.6 is 15.9 Å². The molecule has 18 heavy (non-hydrogen) atoms. The van der Waals surface area contributed by atoms with E-state index in [2.05, 4.69) is 26.2 Å². The fraction of sp³-hybridized carbons (Fsp3) is 0.200. The quantitative estimate of drug-likeness (QED) is 0.728. The zero-order chi connectivity index (χ0) is 13.7. The highest BCUT2D eigenvalue weighted by molar-refractivity contribution is 9.10. The van der Waals surface area contributed by atoms with Crippen LogP contribution in [0.15, 0.2) is 22.8 Å². The van der Waals surface area contributed by atoms with Crippen LogP contribution in [-0.4, -0.2) is 39.1 Å². The van der Waals surface area contributed by atoms with Gasteiger partial charge in [0.25, 0.3) is 5.91 Å². The van der Waals surface area contributed by atoms with Gasteiger partial charge < -0.3 is 15.5 Å². The van der Waals surface area contributed by atoms with E-state index in [-0.39, 0.29) is 5.69 Å². The van der Waals surface area contributed by atoms with Gasteiger partial charge in [-0.15, -0.1) is 0 Å². The van der Waals surface area contributed by atoms with Crippen LogP contribution in [0.2, 0.25) is 0 Å². The summed E-state index contributed by atoms with van der Waals surface area (Å²) in [5, 5.41) is 19.4. The van der Waals surface area contributed by atoms with Crippen molar-refractivity contribution in [3.05, 3.63) is 28.5 Å². The number of carbonyl (C=O) groups is 3. The molecule has 1 amide bonds. The normalized spacial score (nSPS) is 11.6. The molecule has 0 radical (unpaired) electrons. The molecule has 0 aliphatic rings. The van der Waals surface area contributed by atoms with Gasteiger partial charge in [-0.3, -0.25) is 9.59 Å². The summed E-state index contributed by atoms with van der Waals surface area (Å²) in [5.74, 6) is -3.47. The van der Waals surface area contributed by atoms with Crippen LogP contribution < -0.4 is 5.32 Å². The summed E-state index contributed by atoms with van der Waals surface area (Å²) in [6.45, 7) is 0. The predicted octanol–water partition coefficient (Wildman–Crippen LogP) is 0.502. The standard InChI is InChI=1S/C10H9BrN2O5/c11-5-1-2-6(12-4-5)9(16)13-7(10(17)18)3-8(14)15/h1-2,4,7H,3H2,(H,13,16)(H,14,15)(H,17,18). The minimum atomic E-state index is -1.49. The number of hydrogen-bond donors (Lipinski definition) is 3. The highest BCUT2D eigenvalue weighted by Crippen LogP contribution is 2.07. The maximum atomic E-state index is 11.6. The molecule has 0 fully saturated rings. The monoisotopic (exact) mass is 316 g/mol. The molecule has 1 unspecified atom stereocenters. The molecule has 1 aromatic rings. The molecule has 1 heterocycles. The molecular formula is C10H9BrN2O5. The lowest BCUT2D eigenvalue weighted by Crippen LogP contribution is -2.42. The average Bonchev–Trinajstić information content (AvgIpc) is 2.28. The maximum absolute atomic E-state index is 11.6. The number of aromatic nitrogens is 1. The van der Waals surface area contributed by atoms with Crippen molar-refractivity contribution >= 4 is 33.8 Å². The van der Waals surface area contributed by atoms with Crippen LogP contribution in [0.3, 0.4) is 0 Å². The van der Waals surface area contributed by atoms with Crippen molar-refractivity contribution in [3.8, 4) is 0 Å². The van der Waals surface area contributed by atoms with Crippen LogP contribution in [-0.2, 0) is 9.59 Å². The average molecular weight is 317 g/mol. The first kappa shape index (κ1) is 14.1. The molecule has 1 atom stereocenters. The zero-order valence-corrected chi connectivity index (χ0v) is 10.5. The second kappa shape index (κ2) is 6.10. The van der Waals surface area contributed by atoms with E-state index >= 15 is 0 Å². The number of carboxylic acids is 2. The molecule has 0 saturated carbocycles. The second-order valence-corrected chi connectivity index (χ2v) is 4.24. The Labute approximate surface area is 110 Å². The Balaban J connectivity index is 2.75. The van der Waals surface area contributed by atoms with E-state index < -0.39 is 30.3 Å². The van der Waals surface area contributed by atoms with Crippen molar-refractivity contribution in [3.63, 3.8) is 0 Å². The molecule has 0 bridgehead atoms. The van der Waals surface area contributed by atoms with Crippen LogP contribution in [0.4, 0.5) is 0 Å². The summed E-state index contributed by atoms with van der Waals surface area (Å²) in [7, 11) is 0. The summed E-state index contributed by atoms with van der Waals surface area (Å²) >= 11 is 3.14. The number of nitrogens with one attached hydrogen (secondary N) is 1. The molecular weight excluding hydrogens is 308 g/mol. The number of aliphatic carboxylic acids is 2. The van der Waals surface area contributed by atoms with Gasteiger partial charge in [0.1, 0.15) is 11.7 Å². The van der Waals surface area contributed by atoms with Gasteiger partial charge in [0, 0.05) is 10.7 Å². The number of nitrogens with zero attached hydrogens (tertiary/aromatic N) is 1. The molecule has 1 aromatic heterocycles. The van der Waals surface area contributed by atoms with E-state index in [0.29, 0.717) is 4.47 Å². The first-order chi connectivity index (χ1) is 8.40. The van der Waals surface area contributed by atoms with E-state index in [0.717, 1.165) is 0 Å². The van der Waals surface area contributed by atoms with Crippen molar-refractivity contribution in [2.45, 2.75) is 12.5 Å². The van der Waals surface area contributed by atoms with Gasteiger partial charge in [0.15, 0.2) is 0 Å². The molecule has 3 N–H and O–H groups in total. The van der Waals surface area contributed by atoms with Crippen molar-refractivity contribution in [2.75, 3.05) is 0 Å². The Bertz CT molecular complexity index is 474.